The maximum absolute atomic E-state index is 12.2. The Kier molecular flexibility index (Phi) is 4.40. The second kappa shape index (κ2) is 6.04. The van der Waals surface area contributed by atoms with E-state index in [4.69, 9.17) is 27.9 Å². The molecule has 0 N–H and O–H groups in total. The van der Waals surface area contributed by atoms with Crippen molar-refractivity contribution in [2.45, 2.75) is 6.42 Å². The summed E-state index contributed by atoms with van der Waals surface area (Å²) in [6.07, 6.45) is 1.73. The molecule has 0 amide bonds. The average Bonchev–Trinajstić information content (AvgIpc) is 2.42. The van der Waals surface area contributed by atoms with E-state index in [0.29, 0.717) is 27.1 Å². The normalized spacial score (nSPS) is 10.3. The molecule has 98 valence electrons. The Labute approximate surface area is 121 Å². The number of hydrogen-bond acceptors (Lipinski definition) is 3. The van der Waals surface area contributed by atoms with Gasteiger partial charge in [0.2, 0.25) is 5.88 Å². The number of benzene rings is 1. The first kappa shape index (κ1) is 13.8. The molecule has 0 aliphatic carbocycles. The van der Waals surface area contributed by atoms with Gasteiger partial charge in [-0.05, 0) is 35.9 Å². The number of Topliss-reactive ketones (excluding diaryl/α,β-unsaturated/α-hetero) is 1. The van der Waals surface area contributed by atoms with Crippen LogP contribution in [-0.2, 0) is 6.42 Å². The van der Waals surface area contributed by atoms with Gasteiger partial charge in [0.25, 0.3) is 0 Å². The predicted octanol–water partition coefficient (Wildman–Crippen LogP) is 3.82. The topological polar surface area (TPSA) is 39.2 Å². The van der Waals surface area contributed by atoms with E-state index in [1.807, 2.05) is 0 Å². The van der Waals surface area contributed by atoms with Crippen LogP contribution in [-0.4, -0.2) is 17.9 Å². The molecule has 5 heteroatoms. The van der Waals surface area contributed by atoms with Gasteiger partial charge in [-0.1, -0.05) is 23.2 Å². The first-order chi connectivity index (χ1) is 9.11. The van der Waals surface area contributed by atoms with Crippen molar-refractivity contribution >= 4 is 29.0 Å². The van der Waals surface area contributed by atoms with Crippen molar-refractivity contribution in [1.82, 2.24) is 4.98 Å². The van der Waals surface area contributed by atoms with Gasteiger partial charge in [0.1, 0.15) is 0 Å². The molecule has 2 rings (SSSR count). The molecular weight excluding hydrogens is 285 g/mol. The molecule has 1 heterocycles. The fourth-order valence-electron chi connectivity index (χ4n) is 1.71. The number of methoxy groups -OCH3 is 1. The summed E-state index contributed by atoms with van der Waals surface area (Å²) in [5.41, 5.74) is 1.12. The molecule has 0 aliphatic rings. The van der Waals surface area contributed by atoms with Crippen LogP contribution in [0.1, 0.15) is 15.9 Å². The fourth-order valence-corrected chi connectivity index (χ4v) is 2.09. The Bertz CT molecular complexity index is 614. The van der Waals surface area contributed by atoms with E-state index in [1.165, 1.54) is 7.11 Å². The highest BCUT2D eigenvalue weighted by molar-refractivity contribution is 6.33. The molecule has 0 bridgehead atoms. The summed E-state index contributed by atoms with van der Waals surface area (Å²) in [6.45, 7) is 0. The molecule has 1 aromatic heterocycles. The number of hydrogen-bond donors (Lipinski definition) is 0. The number of pyridine rings is 1. The van der Waals surface area contributed by atoms with Gasteiger partial charge in [0.15, 0.2) is 5.78 Å². The van der Waals surface area contributed by atoms with Crippen LogP contribution < -0.4 is 4.74 Å². The molecule has 1 aromatic carbocycles. The molecule has 19 heavy (non-hydrogen) atoms. The highest BCUT2D eigenvalue weighted by Crippen LogP contribution is 2.23. The van der Waals surface area contributed by atoms with Crippen molar-refractivity contribution in [3.63, 3.8) is 0 Å². The largest absolute Gasteiger partial charge is 0.480 e. The predicted molar refractivity (Wildman–Crippen MR) is 75.3 cm³/mol. The Hall–Kier alpha value is -1.58. The zero-order chi connectivity index (χ0) is 13.8. The van der Waals surface area contributed by atoms with E-state index in [2.05, 4.69) is 4.98 Å². The lowest BCUT2D eigenvalue weighted by Gasteiger charge is -2.07. The van der Waals surface area contributed by atoms with Crippen LogP contribution >= 0.6 is 23.2 Å². The SMILES string of the molecule is COc1ncccc1C(=O)Cc1cc(Cl)ccc1Cl. The lowest BCUT2D eigenvalue weighted by molar-refractivity contribution is 0.0989. The quantitative estimate of drug-likeness (QED) is 0.805. The molecule has 0 radical (unpaired) electrons. The molecule has 0 saturated heterocycles. The van der Waals surface area contributed by atoms with Crippen molar-refractivity contribution in [2.24, 2.45) is 0 Å². The smallest absolute Gasteiger partial charge is 0.224 e. The van der Waals surface area contributed by atoms with Crippen molar-refractivity contribution in [1.29, 1.82) is 0 Å². The number of ether oxygens (including phenoxy) is 1. The van der Waals surface area contributed by atoms with Crippen LogP contribution in [0.2, 0.25) is 10.0 Å². The Balaban J connectivity index is 2.28. The molecule has 3 nitrogen and oxygen atoms in total. The summed E-state index contributed by atoms with van der Waals surface area (Å²) >= 11 is 11.9. The minimum atomic E-state index is -0.117. The van der Waals surface area contributed by atoms with Gasteiger partial charge in [-0.2, -0.15) is 0 Å². The van der Waals surface area contributed by atoms with Crippen molar-refractivity contribution < 1.29 is 9.53 Å². The number of ketones is 1. The standard InChI is InChI=1S/C14H11Cl2NO2/c1-19-14-11(3-2-6-17-14)13(18)8-9-7-10(15)4-5-12(9)16/h2-7H,8H2,1H3. The van der Waals surface area contributed by atoms with E-state index < -0.39 is 0 Å². The van der Waals surface area contributed by atoms with Crippen LogP contribution in [0.5, 0.6) is 5.88 Å². The summed E-state index contributed by atoms with van der Waals surface area (Å²) in [5, 5.41) is 1.06. The van der Waals surface area contributed by atoms with E-state index in [0.717, 1.165) is 0 Å². The molecule has 2 aromatic rings. The lowest BCUT2D eigenvalue weighted by atomic mass is 10.0. The van der Waals surface area contributed by atoms with Crippen LogP contribution in [0.3, 0.4) is 0 Å². The summed E-state index contributed by atoms with van der Waals surface area (Å²) in [4.78, 5) is 16.2. The first-order valence-electron chi connectivity index (χ1n) is 5.58. The second-order valence-corrected chi connectivity index (χ2v) is 4.74. The number of rotatable bonds is 4. The molecule has 0 fully saturated rings. The monoisotopic (exact) mass is 295 g/mol. The number of aromatic nitrogens is 1. The van der Waals surface area contributed by atoms with Gasteiger partial charge >= 0.3 is 0 Å². The number of carbonyl (C=O) groups is 1. The first-order valence-corrected chi connectivity index (χ1v) is 6.33. The van der Waals surface area contributed by atoms with Crippen molar-refractivity contribution in [3.05, 3.63) is 57.7 Å². The van der Waals surface area contributed by atoms with Gasteiger partial charge in [-0.25, -0.2) is 4.98 Å². The van der Waals surface area contributed by atoms with Crippen LogP contribution in [0.4, 0.5) is 0 Å². The zero-order valence-corrected chi connectivity index (χ0v) is 11.7. The number of nitrogens with zero attached hydrogens (tertiary/aromatic N) is 1. The fraction of sp³-hybridized carbons (Fsp3) is 0.143. The van der Waals surface area contributed by atoms with E-state index in [9.17, 15) is 4.79 Å². The molecule has 0 saturated carbocycles. The highest BCUT2D eigenvalue weighted by atomic mass is 35.5. The van der Waals surface area contributed by atoms with Crippen LogP contribution in [0.15, 0.2) is 36.5 Å². The number of halogens is 2. The average molecular weight is 296 g/mol. The van der Waals surface area contributed by atoms with E-state index in [1.54, 1.807) is 36.5 Å². The lowest BCUT2D eigenvalue weighted by Crippen LogP contribution is -2.07. The van der Waals surface area contributed by atoms with Crippen molar-refractivity contribution in [3.8, 4) is 5.88 Å². The Morgan fingerprint density at radius 1 is 1.32 bits per heavy atom. The third-order valence-corrected chi connectivity index (χ3v) is 3.23. The number of carbonyl (C=O) groups excluding carboxylic acids is 1. The molecule has 0 spiro atoms. The Morgan fingerprint density at radius 2 is 2.11 bits per heavy atom. The molecule has 0 atom stereocenters. The van der Waals surface area contributed by atoms with Gasteiger partial charge in [-0.15, -0.1) is 0 Å². The van der Waals surface area contributed by atoms with Gasteiger partial charge in [-0.3, -0.25) is 4.79 Å². The van der Waals surface area contributed by atoms with Crippen LogP contribution in [0.25, 0.3) is 0 Å². The second-order valence-electron chi connectivity index (χ2n) is 3.90. The van der Waals surface area contributed by atoms with Gasteiger partial charge < -0.3 is 4.74 Å². The minimum Gasteiger partial charge on any atom is -0.480 e. The summed E-state index contributed by atoms with van der Waals surface area (Å²) in [7, 11) is 1.48. The van der Waals surface area contributed by atoms with Gasteiger partial charge in [0.05, 0.1) is 12.7 Å². The summed E-state index contributed by atoms with van der Waals surface area (Å²) < 4.78 is 5.07. The molecular formula is C14H11Cl2NO2. The van der Waals surface area contributed by atoms with E-state index >= 15 is 0 Å². The zero-order valence-electron chi connectivity index (χ0n) is 10.2. The molecule has 0 unspecified atom stereocenters. The van der Waals surface area contributed by atoms with E-state index in [-0.39, 0.29) is 12.2 Å². The summed E-state index contributed by atoms with van der Waals surface area (Å²) in [6, 6.07) is 8.40. The minimum absolute atomic E-state index is 0.117. The Morgan fingerprint density at radius 3 is 2.84 bits per heavy atom. The third kappa shape index (κ3) is 3.25. The molecule has 0 aliphatic heterocycles. The third-order valence-electron chi connectivity index (χ3n) is 2.62. The van der Waals surface area contributed by atoms with Gasteiger partial charge in [0, 0.05) is 22.7 Å². The summed E-state index contributed by atoms with van der Waals surface area (Å²) in [5.74, 6) is 0.194. The van der Waals surface area contributed by atoms with Crippen molar-refractivity contribution in [2.75, 3.05) is 7.11 Å². The maximum atomic E-state index is 12.2. The maximum Gasteiger partial charge on any atom is 0.224 e. The highest BCUT2D eigenvalue weighted by Gasteiger charge is 2.15. The van der Waals surface area contributed by atoms with Crippen LogP contribution in [0, 0.1) is 0 Å².